The van der Waals surface area contributed by atoms with E-state index in [1.165, 1.54) is 12.1 Å². The molecule has 0 N–H and O–H groups in total. The number of nitro benzene ring substituents is 1. The van der Waals surface area contributed by atoms with Crippen LogP contribution in [0.25, 0.3) is 0 Å². The van der Waals surface area contributed by atoms with Crippen molar-refractivity contribution in [1.29, 1.82) is 0 Å². The average molecular weight is 315 g/mol. The van der Waals surface area contributed by atoms with Crippen LogP contribution in [0.2, 0.25) is 0 Å². The fraction of sp³-hybridized carbons (Fsp3) is 0.312. The molecule has 1 fully saturated rings. The summed E-state index contributed by atoms with van der Waals surface area (Å²) in [5.74, 6) is 0.610. The molecule has 23 heavy (non-hydrogen) atoms. The molecule has 0 radical (unpaired) electrons. The molecule has 7 nitrogen and oxygen atoms in total. The highest BCUT2D eigenvalue weighted by Crippen LogP contribution is 2.20. The van der Waals surface area contributed by atoms with Crippen molar-refractivity contribution in [3.8, 4) is 0 Å². The van der Waals surface area contributed by atoms with Gasteiger partial charge in [-0.1, -0.05) is 12.1 Å². The Labute approximate surface area is 133 Å². The SMILES string of the molecule is O=C(c1ccccc1[N+](=O)[O-])N1CCN(Cc2ccco2)CC1. The Morgan fingerprint density at radius 1 is 1.13 bits per heavy atom. The summed E-state index contributed by atoms with van der Waals surface area (Å²) < 4.78 is 5.32. The largest absolute Gasteiger partial charge is 0.468 e. The summed E-state index contributed by atoms with van der Waals surface area (Å²) in [6.45, 7) is 3.23. The average Bonchev–Trinajstić information content (AvgIpc) is 3.08. The number of para-hydroxylation sites is 1. The van der Waals surface area contributed by atoms with Crippen LogP contribution in [0.5, 0.6) is 0 Å². The predicted octanol–water partition coefficient (Wildman–Crippen LogP) is 2.15. The molecule has 1 saturated heterocycles. The Hall–Kier alpha value is -2.67. The standard InChI is InChI=1S/C16H17N3O4/c20-16(14-5-1-2-6-15(14)19(21)22)18-9-7-17(8-10-18)12-13-4-3-11-23-13/h1-6,11H,7-10,12H2. The zero-order valence-electron chi connectivity index (χ0n) is 12.6. The Balaban J connectivity index is 1.63. The maximum Gasteiger partial charge on any atom is 0.282 e. The number of hydrogen-bond donors (Lipinski definition) is 0. The molecule has 0 spiro atoms. The molecule has 0 aliphatic carbocycles. The fourth-order valence-electron chi connectivity index (χ4n) is 2.72. The number of nitro groups is 1. The molecule has 7 heteroatoms. The minimum absolute atomic E-state index is 0.143. The molecule has 2 heterocycles. The van der Waals surface area contributed by atoms with E-state index < -0.39 is 4.92 Å². The maximum absolute atomic E-state index is 12.5. The zero-order valence-corrected chi connectivity index (χ0v) is 12.6. The van der Waals surface area contributed by atoms with E-state index >= 15 is 0 Å². The lowest BCUT2D eigenvalue weighted by Crippen LogP contribution is -2.48. The zero-order chi connectivity index (χ0) is 16.2. The van der Waals surface area contributed by atoms with Crippen molar-refractivity contribution in [3.63, 3.8) is 0 Å². The van der Waals surface area contributed by atoms with E-state index in [-0.39, 0.29) is 17.2 Å². The third-order valence-electron chi connectivity index (χ3n) is 3.95. The number of rotatable bonds is 4. The van der Waals surface area contributed by atoms with Gasteiger partial charge in [0, 0.05) is 32.2 Å². The molecule has 1 aromatic carbocycles. The van der Waals surface area contributed by atoms with E-state index in [2.05, 4.69) is 4.90 Å². The molecule has 0 unspecified atom stereocenters. The van der Waals surface area contributed by atoms with E-state index in [1.807, 2.05) is 12.1 Å². The second kappa shape index (κ2) is 6.62. The minimum atomic E-state index is -0.514. The molecule has 0 atom stereocenters. The molecule has 1 aliphatic heterocycles. The molecule has 0 saturated carbocycles. The van der Waals surface area contributed by atoms with E-state index in [4.69, 9.17) is 4.42 Å². The number of amides is 1. The normalized spacial score (nSPS) is 15.6. The summed E-state index contributed by atoms with van der Waals surface area (Å²) >= 11 is 0. The van der Waals surface area contributed by atoms with Gasteiger partial charge in [-0.05, 0) is 18.2 Å². The maximum atomic E-state index is 12.5. The van der Waals surface area contributed by atoms with Crippen LogP contribution in [0, 0.1) is 10.1 Å². The predicted molar refractivity (Wildman–Crippen MR) is 83.0 cm³/mol. The van der Waals surface area contributed by atoms with Gasteiger partial charge in [0.25, 0.3) is 11.6 Å². The topological polar surface area (TPSA) is 79.8 Å². The second-order valence-corrected chi connectivity index (χ2v) is 5.42. The van der Waals surface area contributed by atoms with Crippen molar-refractivity contribution in [2.75, 3.05) is 26.2 Å². The monoisotopic (exact) mass is 315 g/mol. The summed E-state index contributed by atoms with van der Waals surface area (Å²) in [4.78, 5) is 26.9. The highest BCUT2D eigenvalue weighted by Gasteiger charge is 2.27. The lowest BCUT2D eigenvalue weighted by atomic mass is 10.1. The van der Waals surface area contributed by atoms with Gasteiger partial charge >= 0.3 is 0 Å². The second-order valence-electron chi connectivity index (χ2n) is 5.42. The van der Waals surface area contributed by atoms with Crippen LogP contribution in [-0.4, -0.2) is 46.8 Å². The van der Waals surface area contributed by atoms with Gasteiger partial charge in [0.1, 0.15) is 11.3 Å². The van der Waals surface area contributed by atoms with Crippen LogP contribution in [0.4, 0.5) is 5.69 Å². The first-order valence-electron chi connectivity index (χ1n) is 7.42. The number of carbonyl (C=O) groups is 1. The number of carbonyl (C=O) groups excluding carboxylic acids is 1. The number of benzene rings is 1. The summed E-state index contributed by atoms with van der Waals surface area (Å²) in [7, 11) is 0. The van der Waals surface area contributed by atoms with Gasteiger partial charge in [0.2, 0.25) is 0 Å². The van der Waals surface area contributed by atoms with Crippen molar-refractivity contribution in [2.45, 2.75) is 6.54 Å². The summed E-state index contributed by atoms with van der Waals surface area (Å²) in [5.41, 5.74) is 0.00694. The van der Waals surface area contributed by atoms with E-state index in [0.29, 0.717) is 32.7 Å². The Morgan fingerprint density at radius 3 is 2.52 bits per heavy atom. The first kappa shape index (κ1) is 15.2. The molecule has 3 rings (SSSR count). The van der Waals surface area contributed by atoms with E-state index in [0.717, 1.165) is 5.76 Å². The van der Waals surface area contributed by atoms with Gasteiger partial charge in [-0.3, -0.25) is 19.8 Å². The van der Waals surface area contributed by atoms with Crippen molar-refractivity contribution < 1.29 is 14.1 Å². The van der Waals surface area contributed by atoms with E-state index in [9.17, 15) is 14.9 Å². The lowest BCUT2D eigenvalue weighted by molar-refractivity contribution is -0.385. The van der Waals surface area contributed by atoms with Crippen LogP contribution < -0.4 is 0 Å². The Bertz CT molecular complexity index is 691. The van der Waals surface area contributed by atoms with Crippen LogP contribution in [0.3, 0.4) is 0 Å². The third-order valence-corrected chi connectivity index (χ3v) is 3.95. The fourth-order valence-corrected chi connectivity index (χ4v) is 2.72. The highest BCUT2D eigenvalue weighted by atomic mass is 16.6. The molecule has 120 valence electrons. The number of furan rings is 1. The van der Waals surface area contributed by atoms with Gasteiger partial charge in [0.15, 0.2) is 0 Å². The minimum Gasteiger partial charge on any atom is -0.468 e. The third kappa shape index (κ3) is 3.40. The Kier molecular flexibility index (Phi) is 4.38. The molecule has 2 aromatic rings. The van der Waals surface area contributed by atoms with Crippen LogP contribution in [0.1, 0.15) is 16.1 Å². The van der Waals surface area contributed by atoms with Gasteiger partial charge < -0.3 is 9.32 Å². The first-order chi connectivity index (χ1) is 11.1. The van der Waals surface area contributed by atoms with Crippen molar-refractivity contribution >= 4 is 11.6 Å². The van der Waals surface area contributed by atoms with E-state index in [1.54, 1.807) is 23.3 Å². The van der Waals surface area contributed by atoms with Gasteiger partial charge in [-0.25, -0.2) is 0 Å². The molecule has 1 aromatic heterocycles. The highest BCUT2D eigenvalue weighted by molar-refractivity contribution is 5.98. The van der Waals surface area contributed by atoms with Crippen molar-refractivity contribution in [2.24, 2.45) is 0 Å². The molecular weight excluding hydrogens is 298 g/mol. The number of nitrogens with zero attached hydrogens (tertiary/aromatic N) is 3. The number of piperazine rings is 1. The van der Waals surface area contributed by atoms with Gasteiger partial charge in [-0.15, -0.1) is 0 Å². The Morgan fingerprint density at radius 2 is 1.87 bits per heavy atom. The smallest absolute Gasteiger partial charge is 0.282 e. The summed E-state index contributed by atoms with van der Waals surface area (Å²) in [6.07, 6.45) is 1.64. The van der Waals surface area contributed by atoms with Crippen LogP contribution >= 0.6 is 0 Å². The molecule has 0 bridgehead atoms. The van der Waals surface area contributed by atoms with Crippen LogP contribution in [0.15, 0.2) is 47.1 Å². The van der Waals surface area contributed by atoms with Crippen LogP contribution in [-0.2, 0) is 6.54 Å². The first-order valence-corrected chi connectivity index (χ1v) is 7.42. The number of hydrogen-bond acceptors (Lipinski definition) is 5. The lowest BCUT2D eigenvalue weighted by Gasteiger charge is -2.34. The molecular formula is C16H17N3O4. The van der Waals surface area contributed by atoms with Gasteiger partial charge in [0.05, 0.1) is 17.7 Å². The van der Waals surface area contributed by atoms with Crippen molar-refractivity contribution in [1.82, 2.24) is 9.80 Å². The summed E-state index contributed by atoms with van der Waals surface area (Å²) in [5, 5.41) is 11.1. The quantitative estimate of drug-likeness (QED) is 0.638. The van der Waals surface area contributed by atoms with Gasteiger partial charge in [-0.2, -0.15) is 0 Å². The van der Waals surface area contributed by atoms with Crippen molar-refractivity contribution in [3.05, 3.63) is 64.1 Å². The summed E-state index contributed by atoms with van der Waals surface area (Å²) in [6, 6.07) is 9.86. The molecule has 1 aliphatic rings. The molecule has 1 amide bonds.